The molecule has 0 unspecified atom stereocenters. The van der Waals surface area contributed by atoms with E-state index in [1.54, 1.807) is 6.20 Å². The lowest BCUT2D eigenvalue weighted by Crippen LogP contribution is -2.54. The van der Waals surface area contributed by atoms with Crippen LogP contribution in [0.25, 0.3) is 0 Å². The van der Waals surface area contributed by atoms with Crippen LogP contribution in [0.5, 0.6) is 0 Å². The quantitative estimate of drug-likeness (QED) is 0.680. The fourth-order valence-corrected chi connectivity index (χ4v) is 2.44. The minimum atomic E-state index is -0.0635. The predicted molar refractivity (Wildman–Crippen MR) is 56.8 cm³/mol. The van der Waals surface area contributed by atoms with Gasteiger partial charge < -0.3 is 4.74 Å². The van der Waals surface area contributed by atoms with E-state index in [0.717, 1.165) is 19.5 Å². The maximum absolute atomic E-state index is 11.5. The summed E-state index contributed by atoms with van der Waals surface area (Å²) in [7, 11) is 0. The van der Waals surface area contributed by atoms with Crippen LogP contribution in [0.3, 0.4) is 0 Å². The SMILES string of the molecule is C[C@@H]1C[C@H](N2CC(n3cccn3)C2)C(=O)O1. The molecule has 5 nitrogen and oxygen atoms in total. The molecular weight excluding hydrogens is 206 g/mol. The summed E-state index contributed by atoms with van der Waals surface area (Å²) in [6, 6.07) is 2.31. The Hall–Kier alpha value is -1.36. The Morgan fingerprint density at radius 1 is 1.50 bits per heavy atom. The molecule has 0 N–H and O–H groups in total. The van der Waals surface area contributed by atoms with Crippen molar-refractivity contribution in [3.8, 4) is 0 Å². The second kappa shape index (κ2) is 3.59. The van der Waals surface area contributed by atoms with E-state index in [2.05, 4.69) is 10.00 Å². The fraction of sp³-hybridized carbons (Fsp3) is 0.636. The van der Waals surface area contributed by atoms with E-state index in [4.69, 9.17) is 4.74 Å². The highest BCUT2D eigenvalue weighted by molar-refractivity contribution is 5.78. The highest BCUT2D eigenvalue weighted by Crippen LogP contribution is 2.28. The number of rotatable bonds is 2. The van der Waals surface area contributed by atoms with E-state index in [1.165, 1.54) is 0 Å². The van der Waals surface area contributed by atoms with Gasteiger partial charge in [-0.25, -0.2) is 0 Å². The summed E-state index contributed by atoms with van der Waals surface area (Å²) >= 11 is 0. The average Bonchev–Trinajstić information content (AvgIpc) is 2.75. The number of esters is 1. The third-order valence-corrected chi connectivity index (χ3v) is 3.37. The Morgan fingerprint density at radius 2 is 2.31 bits per heavy atom. The number of carbonyl (C=O) groups is 1. The largest absolute Gasteiger partial charge is 0.461 e. The van der Waals surface area contributed by atoms with Crippen molar-refractivity contribution in [3.05, 3.63) is 18.5 Å². The van der Waals surface area contributed by atoms with Gasteiger partial charge in [0, 0.05) is 31.9 Å². The number of hydrogen-bond acceptors (Lipinski definition) is 4. The fourth-order valence-electron chi connectivity index (χ4n) is 2.44. The van der Waals surface area contributed by atoms with Gasteiger partial charge in [0.25, 0.3) is 0 Å². The minimum absolute atomic E-state index is 0.0261. The molecule has 3 rings (SSSR count). The Labute approximate surface area is 94.0 Å². The average molecular weight is 221 g/mol. The molecule has 1 aromatic heterocycles. The molecule has 0 amide bonds. The van der Waals surface area contributed by atoms with Crippen LogP contribution in [0, 0.1) is 0 Å². The number of ether oxygens (including phenoxy) is 1. The topological polar surface area (TPSA) is 47.4 Å². The standard InChI is InChI=1S/C11H15N3O2/c1-8-5-10(11(15)16-8)13-6-9(7-13)14-4-2-3-12-14/h2-4,8-10H,5-7H2,1H3/t8-,10+/m1/s1. The summed E-state index contributed by atoms with van der Waals surface area (Å²) in [5.74, 6) is -0.0635. The lowest BCUT2D eigenvalue weighted by atomic mass is 10.0. The van der Waals surface area contributed by atoms with Crippen LogP contribution in [0.15, 0.2) is 18.5 Å². The molecule has 2 aliphatic heterocycles. The first-order chi connectivity index (χ1) is 7.74. The summed E-state index contributed by atoms with van der Waals surface area (Å²) in [5, 5.41) is 4.21. The van der Waals surface area contributed by atoms with Gasteiger partial charge >= 0.3 is 5.97 Å². The van der Waals surface area contributed by atoms with Crippen LogP contribution in [-0.4, -0.2) is 45.9 Å². The molecule has 0 aromatic carbocycles. The number of nitrogens with zero attached hydrogens (tertiary/aromatic N) is 3. The van der Waals surface area contributed by atoms with Gasteiger partial charge in [-0.3, -0.25) is 14.4 Å². The van der Waals surface area contributed by atoms with E-state index in [9.17, 15) is 4.79 Å². The van der Waals surface area contributed by atoms with Crippen LogP contribution in [0.1, 0.15) is 19.4 Å². The van der Waals surface area contributed by atoms with E-state index in [0.29, 0.717) is 6.04 Å². The van der Waals surface area contributed by atoms with Crippen molar-refractivity contribution in [2.24, 2.45) is 0 Å². The highest BCUT2D eigenvalue weighted by Gasteiger charge is 2.42. The van der Waals surface area contributed by atoms with Crippen LogP contribution < -0.4 is 0 Å². The molecule has 0 radical (unpaired) electrons. The molecule has 2 aliphatic rings. The third kappa shape index (κ3) is 1.51. The molecule has 2 atom stereocenters. The first-order valence-electron chi connectivity index (χ1n) is 5.67. The molecule has 16 heavy (non-hydrogen) atoms. The molecule has 0 aliphatic carbocycles. The monoisotopic (exact) mass is 221 g/mol. The van der Waals surface area contributed by atoms with Gasteiger partial charge in [0.05, 0.1) is 6.04 Å². The minimum Gasteiger partial charge on any atom is -0.461 e. The number of likely N-dealkylation sites (tertiary alicyclic amines) is 1. The summed E-state index contributed by atoms with van der Waals surface area (Å²) in [6.45, 7) is 3.74. The number of hydrogen-bond donors (Lipinski definition) is 0. The van der Waals surface area contributed by atoms with E-state index < -0.39 is 0 Å². The summed E-state index contributed by atoms with van der Waals surface area (Å²) in [5.41, 5.74) is 0. The van der Waals surface area contributed by atoms with Crippen molar-refractivity contribution in [1.82, 2.24) is 14.7 Å². The maximum Gasteiger partial charge on any atom is 0.323 e. The molecule has 86 valence electrons. The Balaban J connectivity index is 1.59. The molecule has 0 saturated carbocycles. The van der Waals surface area contributed by atoms with Crippen LogP contribution in [-0.2, 0) is 9.53 Å². The Morgan fingerprint density at radius 3 is 2.88 bits per heavy atom. The van der Waals surface area contributed by atoms with Gasteiger partial charge in [-0.05, 0) is 13.0 Å². The molecule has 3 heterocycles. The molecular formula is C11H15N3O2. The van der Waals surface area contributed by atoms with Gasteiger partial charge in [0.15, 0.2) is 0 Å². The predicted octanol–water partition coefficient (Wildman–Crippen LogP) is 0.444. The van der Waals surface area contributed by atoms with Crippen LogP contribution in [0.4, 0.5) is 0 Å². The molecule has 2 fully saturated rings. The summed E-state index contributed by atoms with van der Waals surface area (Å²) in [4.78, 5) is 13.7. The lowest BCUT2D eigenvalue weighted by Gasteiger charge is -2.41. The van der Waals surface area contributed by atoms with Gasteiger partial charge in [-0.2, -0.15) is 5.10 Å². The van der Waals surface area contributed by atoms with Gasteiger partial charge in [0.1, 0.15) is 12.1 Å². The van der Waals surface area contributed by atoms with E-state index >= 15 is 0 Å². The van der Waals surface area contributed by atoms with Crippen molar-refractivity contribution in [3.63, 3.8) is 0 Å². The number of aromatic nitrogens is 2. The molecule has 5 heteroatoms. The lowest BCUT2D eigenvalue weighted by molar-refractivity contribution is -0.146. The smallest absolute Gasteiger partial charge is 0.323 e. The zero-order valence-electron chi connectivity index (χ0n) is 9.24. The van der Waals surface area contributed by atoms with Crippen LogP contribution in [0.2, 0.25) is 0 Å². The summed E-state index contributed by atoms with van der Waals surface area (Å²) < 4.78 is 7.11. The Bertz CT molecular complexity index is 384. The second-order valence-electron chi connectivity index (χ2n) is 4.59. The first-order valence-corrected chi connectivity index (χ1v) is 5.67. The van der Waals surface area contributed by atoms with Crippen molar-refractivity contribution < 1.29 is 9.53 Å². The van der Waals surface area contributed by atoms with E-state index in [1.807, 2.05) is 23.9 Å². The van der Waals surface area contributed by atoms with Crippen molar-refractivity contribution in [2.75, 3.05) is 13.1 Å². The molecule has 1 aromatic rings. The van der Waals surface area contributed by atoms with Crippen molar-refractivity contribution >= 4 is 5.97 Å². The first kappa shape index (κ1) is 9.84. The molecule has 2 saturated heterocycles. The van der Waals surface area contributed by atoms with E-state index in [-0.39, 0.29) is 18.1 Å². The van der Waals surface area contributed by atoms with Gasteiger partial charge in [-0.1, -0.05) is 0 Å². The summed E-state index contributed by atoms with van der Waals surface area (Å²) in [6.07, 6.45) is 4.65. The maximum atomic E-state index is 11.5. The zero-order chi connectivity index (χ0) is 11.1. The van der Waals surface area contributed by atoms with Gasteiger partial charge in [0.2, 0.25) is 0 Å². The second-order valence-corrected chi connectivity index (χ2v) is 4.59. The zero-order valence-corrected chi connectivity index (χ0v) is 9.24. The van der Waals surface area contributed by atoms with Gasteiger partial charge in [-0.15, -0.1) is 0 Å². The molecule has 0 spiro atoms. The Kier molecular flexibility index (Phi) is 2.21. The van der Waals surface area contributed by atoms with Crippen molar-refractivity contribution in [1.29, 1.82) is 0 Å². The molecule has 0 bridgehead atoms. The normalized spacial score (nSPS) is 31.4. The van der Waals surface area contributed by atoms with Crippen LogP contribution >= 0.6 is 0 Å². The third-order valence-electron chi connectivity index (χ3n) is 3.37. The number of cyclic esters (lactones) is 1. The van der Waals surface area contributed by atoms with Crippen molar-refractivity contribution in [2.45, 2.75) is 31.5 Å². The highest BCUT2D eigenvalue weighted by atomic mass is 16.6. The number of carbonyl (C=O) groups excluding carboxylic acids is 1.